The zero-order chi connectivity index (χ0) is 99.2. The van der Waals surface area contributed by atoms with Gasteiger partial charge in [-0.1, -0.05) is 114 Å². The topological polar surface area (TPSA) is 452 Å². The monoisotopic (exact) mass is 1890 g/mol. The molecule has 0 heterocycles. The van der Waals surface area contributed by atoms with Crippen LogP contribution in [0.2, 0.25) is 17.5 Å². The smallest absolute Gasteiger partial charge is 0.338 e. The van der Waals surface area contributed by atoms with Crippen molar-refractivity contribution in [1.29, 1.82) is 0 Å². The summed E-state index contributed by atoms with van der Waals surface area (Å²) in [5.74, 6) is -1.73. The van der Waals surface area contributed by atoms with Crippen molar-refractivity contribution in [3.8, 4) is 0 Å². The van der Waals surface area contributed by atoms with Gasteiger partial charge in [0.05, 0.1) is 116 Å². The highest BCUT2D eigenvalue weighted by Crippen LogP contribution is 2.86. The molecule has 4 aromatic carbocycles. The number of esters is 4. The first-order valence-electron chi connectivity index (χ1n) is 42.3. The second kappa shape index (κ2) is 39.6. The minimum atomic E-state index is -4.41. The van der Waals surface area contributed by atoms with Gasteiger partial charge >= 0.3 is 31.5 Å². The highest BCUT2D eigenvalue weighted by atomic mass is 31.2. The van der Waals surface area contributed by atoms with Gasteiger partial charge in [0.25, 0.3) is 0 Å². The molecule has 12 saturated carbocycles. The normalized spacial score (nSPS) is 40.3. The molecule has 4 aromatic rings. The molecule has 12 aliphatic rings. The molecule has 36 heteroatoms. The van der Waals surface area contributed by atoms with Crippen molar-refractivity contribution in [2.75, 3.05) is 66.6 Å². The van der Waals surface area contributed by atoms with Crippen LogP contribution in [0.4, 0.5) is 0 Å². The Labute approximate surface area is 759 Å². The molecular weight excluding hydrogens is 1760 g/mol. The Morgan fingerprint density at radius 2 is 0.508 bits per heavy atom. The number of hydrogen-bond donors (Lipinski definition) is 7. The molecule has 0 aliphatic heterocycles. The fourth-order valence-corrected chi connectivity index (χ4v) is 39.5. The Balaban J connectivity index is 0.000000268. The summed E-state index contributed by atoms with van der Waals surface area (Å²) in [7, 11) is 1.86. The number of rotatable bonds is 14. The molecule has 6 radical (unpaired) electrons. The first kappa shape index (κ1) is 113. The molecule has 30 unspecified atom stereocenters. The van der Waals surface area contributed by atoms with Gasteiger partial charge in [0.2, 0.25) is 0 Å². The predicted molar refractivity (Wildman–Crippen MR) is 501 cm³/mol. The molecule has 12 fully saturated rings. The maximum Gasteiger partial charge on any atom is 0.338 e. The molecular formula is C92H135B3O27P6. The average molecular weight is 1890 g/mol. The van der Waals surface area contributed by atoms with Crippen molar-refractivity contribution >= 4 is 131 Å². The van der Waals surface area contributed by atoms with Gasteiger partial charge in [0, 0.05) is 50.2 Å². The second-order valence-corrected chi connectivity index (χ2v) is 59.2. The van der Waals surface area contributed by atoms with E-state index in [-0.39, 0.29) is 104 Å². The van der Waals surface area contributed by atoms with Crippen molar-refractivity contribution < 1.29 is 130 Å². The number of aliphatic hydroxyl groups excluding tert-OH is 3. The van der Waals surface area contributed by atoms with Gasteiger partial charge in [-0.05, 0) is 254 Å². The van der Waals surface area contributed by atoms with E-state index in [4.69, 9.17) is 81.0 Å². The number of hydrogen-bond acceptors (Lipinski definition) is 25. The van der Waals surface area contributed by atoms with Gasteiger partial charge in [-0.25, -0.2) is 19.2 Å². The van der Waals surface area contributed by atoms with Gasteiger partial charge in [0.1, 0.15) is 68.3 Å². The van der Waals surface area contributed by atoms with Crippen molar-refractivity contribution in [2.24, 2.45) is 71.0 Å². The number of fused-ring (bicyclic) bond motifs is 6. The van der Waals surface area contributed by atoms with Crippen LogP contribution in [0.1, 0.15) is 163 Å². The third-order valence-electron chi connectivity index (χ3n) is 32.8. The van der Waals surface area contributed by atoms with Crippen LogP contribution in [0, 0.1) is 71.0 Å². The van der Waals surface area contributed by atoms with Gasteiger partial charge in [-0.15, -0.1) is 0 Å². The van der Waals surface area contributed by atoms with E-state index in [2.05, 4.69) is 27.7 Å². The molecule has 0 spiro atoms. The first-order valence-corrected chi connectivity index (χ1v) is 56.9. The standard InChI is InChI=1S/2C18H25O3P.C17H22BO3P.C17H23O4P.C9H16BO3P.C7H12BO5P.6CH2O/c2*1-12-15-11-18(15,22(4,5)20)13(2)17(12,3)21-16(19)14-9-7-6-8-10-14;2*1-11-16(2,21-15(19)12-8-6-5-7-9-12)14(18)13-10-17(11,13)22(3,4)20;1-8(12)6(10)5-4-9(5,7(8)11)14(2,3)13;1-6(10)4(8)3-2-7(3,5(6)9)14(11,12)13;6*1-2/h2*6-10,12-13,15H,11H2,1-5H3;5-9,11,13-14H,10H2,1-4H3;5-9,11,13-14,18H,10H2,1-4H3;5-7,11-12H,4H2,1-3H3;3-5,9-10H,2H2,1H3,(H2,11,12,13);6*1H2. The van der Waals surface area contributed by atoms with E-state index in [1.165, 1.54) is 13.8 Å². The van der Waals surface area contributed by atoms with Crippen LogP contribution in [0.3, 0.4) is 0 Å². The molecule has 0 aromatic heterocycles. The SMILES string of the molecule is C=O.C=O.C=O.C=O.C=O.C=O.CC1C(C)(OC(=O)c2ccccc2)C(O)C2CC21P(C)(C)=O.CC1C2CC2(P(C)(C)=O)C(C)C1(C)OC(=O)c1ccccc1.CC1C2CC2(P(C)(C)=O)C(C)C1(C)OC(=O)c1ccccc1.[B]C1C2CC2(P(=O)(O)O)C(O)C1(C)O.[B]C1C2CC2(P(C)(C)=O)C(C)C1(C)OC(=O)c1ccccc1.[B]C1C2CC2(P(C)(C)=O)C(O)C1(C)O. The third kappa shape index (κ3) is 18.7. The van der Waals surface area contributed by atoms with Crippen LogP contribution in [0.5, 0.6) is 0 Å². The Hall–Kier alpha value is -5.93. The minimum Gasteiger partial charge on any atom is -0.456 e. The number of aliphatic hydroxyl groups is 5. The van der Waals surface area contributed by atoms with Gasteiger partial charge in [-0.2, -0.15) is 0 Å². The third-order valence-corrected chi connectivity index (χ3v) is 49.0. The molecule has 7 N–H and O–H groups in total. The Bertz CT molecular complexity index is 4350. The van der Waals surface area contributed by atoms with Crippen LogP contribution in [-0.2, 0) is 75.1 Å². The van der Waals surface area contributed by atoms with Crippen LogP contribution in [-0.4, -0.2) is 273 Å². The van der Waals surface area contributed by atoms with E-state index in [9.17, 15) is 72.1 Å². The van der Waals surface area contributed by atoms with E-state index in [0.717, 1.165) is 25.7 Å². The first-order chi connectivity index (χ1) is 58.9. The molecule has 704 valence electrons. The predicted octanol–water partition coefficient (Wildman–Crippen LogP) is 13.5. The highest BCUT2D eigenvalue weighted by Gasteiger charge is 2.84. The number of carbonyl (C=O) groups excluding carboxylic acids is 10. The molecule has 30 atom stereocenters. The van der Waals surface area contributed by atoms with E-state index < -0.39 is 129 Å². The summed E-state index contributed by atoms with van der Waals surface area (Å²) in [6, 6.07) is 35.9. The summed E-state index contributed by atoms with van der Waals surface area (Å²) in [4.78, 5) is 116. The maximum absolute atomic E-state index is 12.8. The number of ether oxygens (including phenoxy) is 4. The van der Waals surface area contributed by atoms with Crippen molar-refractivity contribution in [3.63, 3.8) is 0 Å². The zero-order valence-corrected chi connectivity index (χ0v) is 83.5. The lowest BCUT2D eigenvalue weighted by atomic mass is 9.70. The maximum atomic E-state index is 12.8. The fraction of sp³-hybridized carbons (Fsp3) is 0.630. The summed E-state index contributed by atoms with van der Waals surface area (Å²) in [5.41, 5.74) is -3.59. The highest BCUT2D eigenvalue weighted by molar-refractivity contribution is 7.65. The molecule has 128 heavy (non-hydrogen) atoms. The van der Waals surface area contributed by atoms with Crippen LogP contribution in [0.15, 0.2) is 121 Å². The molecule has 0 saturated heterocycles. The van der Waals surface area contributed by atoms with Crippen LogP contribution in [0.25, 0.3) is 0 Å². The molecule has 0 amide bonds. The summed E-state index contributed by atoms with van der Waals surface area (Å²) in [6.07, 6.45) is 1.40. The number of benzene rings is 4. The zero-order valence-electron chi connectivity index (χ0n) is 78.1. The lowest BCUT2D eigenvalue weighted by Crippen LogP contribution is -2.47. The van der Waals surface area contributed by atoms with Crippen molar-refractivity contribution in [2.45, 2.75) is 222 Å². The van der Waals surface area contributed by atoms with Gasteiger partial charge in [-0.3, -0.25) is 4.57 Å². The van der Waals surface area contributed by atoms with Gasteiger partial charge < -0.3 is 106 Å². The van der Waals surface area contributed by atoms with Crippen molar-refractivity contribution in [3.05, 3.63) is 144 Å². The molecule has 12 aliphatic carbocycles. The largest absolute Gasteiger partial charge is 0.456 e. The summed E-state index contributed by atoms with van der Waals surface area (Å²) >= 11 is 0. The summed E-state index contributed by atoms with van der Waals surface area (Å²) < 4.78 is 98.0. The van der Waals surface area contributed by atoms with E-state index in [0.29, 0.717) is 40.5 Å². The summed E-state index contributed by atoms with van der Waals surface area (Å²) in [6.45, 7) is 53.2. The lowest BCUT2D eigenvalue weighted by molar-refractivity contribution is -0.0987. The lowest BCUT2D eigenvalue weighted by Gasteiger charge is -2.39. The Morgan fingerprint density at radius 3 is 0.727 bits per heavy atom. The van der Waals surface area contributed by atoms with E-state index in [1.54, 1.807) is 94.2 Å². The summed E-state index contributed by atoms with van der Waals surface area (Å²) in [5, 5.41) is 47.1. The van der Waals surface area contributed by atoms with Crippen LogP contribution >= 0.6 is 43.3 Å². The molecule has 16 rings (SSSR count). The quantitative estimate of drug-likeness (QED) is 0.0267. The fourth-order valence-electron chi connectivity index (χ4n) is 24.2. The number of carbonyl (C=O) groups is 10. The Morgan fingerprint density at radius 1 is 0.312 bits per heavy atom. The van der Waals surface area contributed by atoms with E-state index in [1.807, 2.05) is 176 Å². The molecule has 27 nitrogen and oxygen atoms in total. The minimum absolute atomic E-state index is 0.00602. The molecule has 0 bridgehead atoms. The van der Waals surface area contributed by atoms with Crippen molar-refractivity contribution in [1.82, 2.24) is 0 Å². The Kier molecular flexibility index (Phi) is 34.8. The average Bonchev–Trinajstić information content (AvgIpc) is 1.62. The van der Waals surface area contributed by atoms with E-state index >= 15 is 0 Å². The van der Waals surface area contributed by atoms with Crippen LogP contribution < -0.4 is 0 Å². The van der Waals surface area contributed by atoms with Gasteiger partial charge in [0.15, 0.2) is 0 Å². The second-order valence-electron chi connectivity index (χ2n) is 39.6.